The van der Waals surface area contributed by atoms with E-state index >= 15 is 0 Å². The minimum Gasteiger partial charge on any atom is -0.352 e. The predicted molar refractivity (Wildman–Crippen MR) is 113 cm³/mol. The molecule has 1 aromatic heterocycles. The van der Waals surface area contributed by atoms with Crippen molar-refractivity contribution in [1.29, 1.82) is 0 Å². The average molecular weight is 453 g/mol. The van der Waals surface area contributed by atoms with Gasteiger partial charge in [0, 0.05) is 39.1 Å². The smallest absolute Gasteiger partial charge is 0.193 e. The number of likely N-dealkylation sites (tertiary alicyclic amines) is 1. The highest BCUT2D eigenvalue weighted by atomic mass is 127. The molecule has 0 spiro atoms. The Balaban J connectivity index is 0.00000225. The minimum absolute atomic E-state index is 0. The van der Waals surface area contributed by atoms with Gasteiger partial charge in [-0.3, -0.25) is 9.67 Å². The quantitative estimate of drug-likeness (QED) is 0.439. The maximum atomic E-state index is 4.47. The number of rotatable bonds is 4. The third kappa shape index (κ3) is 5.45. The van der Waals surface area contributed by atoms with E-state index in [4.69, 9.17) is 0 Å². The lowest BCUT2D eigenvalue weighted by Gasteiger charge is -2.33. The van der Waals surface area contributed by atoms with Gasteiger partial charge in [0.05, 0.1) is 6.54 Å². The summed E-state index contributed by atoms with van der Waals surface area (Å²) in [6.45, 7) is 6.10. The molecule has 6 heteroatoms. The van der Waals surface area contributed by atoms with Crippen molar-refractivity contribution in [2.75, 3.05) is 20.1 Å². The Labute approximate surface area is 167 Å². The second kappa shape index (κ2) is 9.79. The van der Waals surface area contributed by atoms with E-state index in [1.807, 2.05) is 30.2 Å². The predicted octanol–water partition coefficient (Wildman–Crippen LogP) is 3.36. The van der Waals surface area contributed by atoms with Crippen LogP contribution in [0.4, 0.5) is 0 Å². The van der Waals surface area contributed by atoms with E-state index in [-0.39, 0.29) is 24.0 Å². The lowest BCUT2D eigenvalue weighted by Crippen LogP contribution is -2.45. The fourth-order valence-corrected chi connectivity index (χ4v) is 3.18. The number of piperidine rings is 1. The van der Waals surface area contributed by atoms with E-state index < -0.39 is 0 Å². The highest BCUT2D eigenvalue weighted by Crippen LogP contribution is 2.16. The Kier molecular flexibility index (Phi) is 7.74. The van der Waals surface area contributed by atoms with Gasteiger partial charge < -0.3 is 10.2 Å². The second-order valence-corrected chi connectivity index (χ2v) is 6.54. The first-order valence-corrected chi connectivity index (χ1v) is 8.76. The van der Waals surface area contributed by atoms with E-state index in [2.05, 4.69) is 51.5 Å². The minimum atomic E-state index is 0. The summed E-state index contributed by atoms with van der Waals surface area (Å²) in [5.74, 6) is 1.84. The molecule has 0 aliphatic carbocycles. The number of hydrogen-bond acceptors (Lipinski definition) is 2. The number of aromatic nitrogens is 2. The van der Waals surface area contributed by atoms with E-state index in [1.165, 1.54) is 24.0 Å². The van der Waals surface area contributed by atoms with Crippen molar-refractivity contribution < 1.29 is 0 Å². The highest BCUT2D eigenvalue weighted by molar-refractivity contribution is 14.0. The van der Waals surface area contributed by atoms with Gasteiger partial charge in [0.15, 0.2) is 5.96 Å². The summed E-state index contributed by atoms with van der Waals surface area (Å²) in [4.78, 5) is 6.84. The summed E-state index contributed by atoms with van der Waals surface area (Å²) < 4.78 is 1.96. The standard InChI is InChI=1S/C19H27N5.HI/c1-16-8-12-23(13-9-16)19(20-2)21-14-17-6-3-4-7-18(17)15-24-11-5-10-22-24;/h3-7,10-11,16H,8-9,12-15H2,1-2H3,(H,20,21);1H. The van der Waals surface area contributed by atoms with Crippen LogP contribution >= 0.6 is 24.0 Å². The molecule has 1 aliphatic heterocycles. The van der Waals surface area contributed by atoms with Crippen LogP contribution < -0.4 is 5.32 Å². The maximum Gasteiger partial charge on any atom is 0.193 e. The van der Waals surface area contributed by atoms with Crippen LogP contribution in [-0.2, 0) is 13.1 Å². The topological polar surface area (TPSA) is 45.5 Å². The zero-order valence-corrected chi connectivity index (χ0v) is 17.4. The SMILES string of the molecule is CN=C(NCc1ccccc1Cn1cccn1)N1CCC(C)CC1.I. The molecule has 1 saturated heterocycles. The van der Waals surface area contributed by atoms with Crippen LogP contribution in [0.3, 0.4) is 0 Å². The molecule has 0 bridgehead atoms. The maximum absolute atomic E-state index is 4.47. The van der Waals surface area contributed by atoms with Crippen molar-refractivity contribution in [3.8, 4) is 0 Å². The fourth-order valence-electron chi connectivity index (χ4n) is 3.18. The van der Waals surface area contributed by atoms with E-state index in [1.54, 1.807) is 0 Å². The molecule has 0 atom stereocenters. The van der Waals surface area contributed by atoms with Gasteiger partial charge in [-0.25, -0.2) is 0 Å². The molecule has 5 nitrogen and oxygen atoms in total. The molecule has 2 heterocycles. The molecule has 3 rings (SSSR count). The molecule has 1 aliphatic rings. The number of nitrogens with zero attached hydrogens (tertiary/aromatic N) is 4. The number of nitrogens with one attached hydrogen (secondary N) is 1. The normalized spacial score (nSPS) is 15.8. The van der Waals surface area contributed by atoms with Crippen molar-refractivity contribution in [3.05, 3.63) is 53.9 Å². The number of hydrogen-bond donors (Lipinski definition) is 1. The van der Waals surface area contributed by atoms with Crippen LogP contribution in [0.25, 0.3) is 0 Å². The molecule has 136 valence electrons. The molecule has 2 aromatic rings. The first kappa shape index (κ1) is 19.8. The Morgan fingerprint density at radius 3 is 2.56 bits per heavy atom. The van der Waals surface area contributed by atoms with Gasteiger partial charge >= 0.3 is 0 Å². The van der Waals surface area contributed by atoms with Crippen LogP contribution in [0.2, 0.25) is 0 Å². The van der Waals surface area contributed by atoms with E-state index in [0.29, 0.717) is 0 Å². The molecule has 1 N–H and O–H groups in total. The van der Waals surface area contributed by atoms with Gasteiger partial charge in [-0.2, -0.15) is 5.10 Å². The molecule has 0 saturated carbocycles. The van der Waals surface area contributed by atoms with Crippen LogP contribution in [0.1, 0.15) is 30.9 Å². The second-order valence-electron chi connectivity index (χ2n) is 6.54. The molecule has 0 radical (unpaired) electrons. The monoisotopic (exact) mass is 453 g/mol. The number of aliphatic imine (C=N–C) groups is 1. The molecule has 0 unspecified atom stereocenters. The summed E-state index contributed by atoms with van der Waals surface area (Å²) in [6.07, 6.45) is 6.31. The number of benzene rings is 1. The lowest BCUT2D eigenvalue weighted by molar-refractivity contribution is 0.273. The van der Waals surface area contributed by atoms with Crippen molar-refractivity contribution in [3.63, 3.8) is 0 Å². The summed E-state index contributed by atoms with van der Waals surface area (Å²) in [7, 11) is 1.87. The van der Waals surface area contributed by atoms with Gasteiger partial charge in [0.25, 0.3) is 0 Å². The Hall–Kier alpha value is -1.57. The van der Waals surface area contributed by atoms with Crippen molar-refractivity contribution in [1.82, 2.24) is 20.0 Å². The summed E-state index contributed by atoms with van der Waals surface area (Å²) >= 11 is 0. The van der Waals surface area contributed by atoms with Crippen LogP contribution in [0.5, 0.6) is 0 Å². The Bertz CT molecular complexity index is 660. The summed E-state index contributed by atoms with van der Waals surface area (Å²) in [5.41, 5.74) is 2.58. The summed E-state index contributed by atoms with van der Waals surface area (Å²) in [6, 6.07) is 10.5. The number of halogens is 1. The average Bonchev–Trinajstić information content (AvgIpc) is 3.11. The zero-order valence-electron chi connectivity index (χ0n) is 15.1. The van der Waals surface area contributed by atoms with Crippen LogP contribution in [0, 0.1) is 5.92 Å². The van der Waals surface area contributed by atoms with Crippen molar-refractivity contribution in [2.45, 2.75) is 32.9 Å². The molecule has 25 heavy (non-hydrogen) atoms. The van der Waals surface area contributed by atoms with Gasteiger partial charge in [0.1, 0.15) is 0 Å². The lowest BCUT2D eigenvalue weighted by atomic mass is 9.99. The Morgan fingerprint density at radius 1 is 1.20 bits per heavy atom. The van der Waals surface area contributed by atoms with Crippen LogP contribution in [0.15, 0.2) is 47.7 Å². The van der Waals surface area contributed by atoms with Gasteiger partial charge in [-0.15, -0.1) is 24.0 Å². The molecular weight excluding hydrogens is 425 g/mol. The fraction of sp³-hybridized carbons (Fsp3) is 0.474. The van der Waals surface area contributed by atoms with E-state index in [0.717, 1.165) is 38.1 Å². The largest absolute Gasteiger partial charge is 0.352 e. The summed E-state index contributed by atoms with van der Waals surface area (Å²) in [5, 5.41) is 7.85. The number of guanidine groups is 1. The molecule has 0 amide bonds. The molecule has 1 fully saturated rings. The first-order valence-electron chi connectivity index (χ1n) is 8.76. The van der Waals surface area contributed by atoms with Gasteiger partial charge in [0.2, 0.25) is 0 Å². The van der Waals surface area contributed by atoms with Gasteiger partial charge in [-0.1, -0.05) is 31.2 Å². The van der Waals surface area contributed by atoms with Crippen molar-refractivity contribution >= 4 is 29.9 Å². The molecular formula is C19H28IN5. The van der Waals surface area contributed by atoms with Crippen LogP contribution in [-0.4, -0.2) is 40.8 Å². The van der Waals surface area contributed by atoms with E-state index in [9.17, 15) is 0 Å². The van der Waals surface area contributed by atoms with Crippen molar-refractivity contribution in [2.24, 2.45) is 10.9 Å². The zero-order chi connectivity index (χ0) is 16.8. The highest BCUT2D eigenvalue weighted by Gasteiger charge is 2.18. The first-order chi connectivity index (χ1) is 11.8. The van der Waals surface area contributed by atoms with Gasteiger partial charge in [-0.05, 0) is 36.0 Å². The molecule has 1 aromatic carbocycles. The third-order valence-corrected chi connectivity index (χ3v) is 4.74. The third-order valence-electron chi connectivity index (χ3n) is 4.74. The Morgan fingerprint density at radius 2 is 1.92 bits per heavy atom.